The minimum absolute atomic E-state index is 0.191. The maximum Gasteiger partial charge on any atom is 0.257 e. The zero-order valence-corrected chi connectivity index (χ0v) is 10.5. The van der Waals surface area contributed by atoms with Crippen LogP contribution in [0.1, 0.15) is 10.4 Å². The van der Waals surface area contributed by atoms with Crippen LogP contribution in [0, 0.1) is 0 Å². The number of rotatable bonds is 3. The van der Waals surface area contributed by atoms with Gasteiger partial charge in [-0.3, -0.25) is 9.78 Å². The van der Waals surface area contributed by atoms with Crippen LogP contribution in [0.15, 0.2) is 42.7 Å². The molecule has 1 heterocycles. The predicted octanol–water partition coefficient (Wildman–Crippen LogP) is 3.03. The fourth-order valence-corrected chi connectivity index (χ4v) is 1.65. The topological polar surface area (TPSA) is 54.0 Å². The Hall–Kier alpha value is -2.07. The molecule has 92 valence electrons. The maximum atomic E-state index is 12.1. The first-order chi connectivity index (χ1) is 8.70. The van der Waals surface area contributed by atoms with Gasteiger partial charge in [-0.1, -0.05) is 11.6 Å². The summed E-state index contributed by atoms with van der Waals surface area (Å²) < 4.78 is 0. The molecule has 0 saturated carbocycles. The molecule has 1 aromatic carbocycles. The number of nitrogens with one attached hydrogen (secondary N) is 2. The molecule has 2 N–H and O–H groups in total. The molecule has 0 radical (unpaired) electrons. The number of amides is 1. The van der Waals surface area contributed by atoms with Crippen LogP contribution in [0.25, 0.3) is 0 Å². The lowest BCUT2D eigenvalue weighted by Gasteiger charge is -2.09. The summed E-state index contributed by atoms with van der Waals surface area (Å²) in [5.41, 5.74) is 1.93. The van der Waals surface area contributed by atoms with Gasteiger partial charge < -0.3 is 10.6 Å². The Balaban J connectivity index is 2.19. The highest BCUT2D eigenvalue weighted by atomic mass is 35.5. The number of hydrogen-bond acceptors (Lipinski definition) is 3. The van der Waals surface area contributed by atoms with Gasteiger partial charge in [-0.05, 0) is 30.3 Å². The van der Waals surface area contributed by atoms with Crippen molar-refractivity contribution in [3.63, 3.8) is 0 Å². The summed E-state index contributed by atoms with van der Waals surface area (Å²) in [6.07, 6.45) is 3.19. The van der Waals surface area contributed by atoms with Gasteiger partial charge in [0.1, 0.15) is 0 Å². The van der Waals surface area contributed by atoms with Gasteiger partial charge in [0.25, 0.3) is 5.91 Å². The molecule has 1 aromatic heterocycles. The molecule has 5 heteroatoms. The van der Waals surface area contributed by atoms with Crippen LogP contribution in [0.5, 0.6) is 0 Å². The van der Waals surface area contributed by atoms with E-state index in [2.05, 4.69) is 15.6 Å². The zero-order chi connectivity index (χ0) is 13.0. The molecule has 0 spiro atoms. The average molecular weight is 262 g/mol. The van der Waals surface area contributed by atoms with Crippen molar-refractivity contribution in [1.82, 2.24) is 4.98 Å². The van der Waals surface area contributed by atoms with Crippen LogP contribution in [-0.4, -0.2) is 17.9 Å². The molecule has 0 aliphatic rings. The van der Waals surface area contributed by atoms with Crippen LogP contribution in [-0.2, 0) is 0 Å². The van der Waals surface area contributed by atoms with Crippen LogP contribution >= 0.6 is 11.6 Å². The summed E-state index contributed by atoms with van der Waals surface area (Å²) >= 11 is 5.78. The highest BCUT2D eigenvalue weighted by molar-refractivity contribution is 6.30. The van der Waals surface area contributed by atoms with E-state index in [-0.39, 0.29) is 5.91 Å². The number of halogens is 1. The van der Waals surface area contributed by atoms with E-state index in [1.165, 1.54) is 0 Å². The van der Waals surface area contributed by atoms with Crippen molar-refractivity contribution in [1.29, 1.82) is 0 Å². The number of benzene rings is 1. The Morgan fingerprint density at radius 3 is 2.61 bits per heavy atom. The van der Waals surface area contributed by atoms with E-state index < -0.39 is 0 Å². The first kappa shape index (κ1) is 12.4. The van der Waals surface area contributed by atoms with E-state index in [9.17, 15) is 4.79 Å². The lowest BCUT2D eigenvalue weighted by molar-refractivity contribution is 0.102. The van der Waals surface area contributed by atoms with E-state index >= 15 is 0 Å². The molecular formula is C13H12ClN3O. The Morgan fingerprint density at radius 1 is 1.22 bits per heavy atom. The van der Waals surface area contributed by atoms with Gasteiger partial charge in [0.05, 0.1) is 17.4 Å². The first-order valence-electron chi connectivity index (χ1n) is 5.39. The number of carbonyl (C=O) groups is 1. The van der Waals surface area contributed by atoms with Gasteiger partial charge >= 0.3 is 0 Å². The summed E-state index contributed by atoms with van der Waals surface area (Å²) in [6.45, 7) is 0. The Morgan fingerprint density at radius 2 is 1.94 bits per heavy atom. The van der Waals surface area contributed by atoms with Gasteiger partial charge in [0.15, 0.2) is 0 Å². The van der Waals surface area contributed by atoms with Gasteiger partial charge in [0, 0.05) is 24.0 Å². The molecule has 0 aliphatic heterocycles. The summed E-state index contributed by atoms with van der Waals surface area (Å²) in [4.78, 5) is 16.0. The molecule has 2 aromatic rings. The highest BCUT2D eigenvalue weighted by Gasteiger charge is 2.10. The number of aromatic nitrogens is 1. The van der Waals surface area contributed by atoms with Gasteiger partial charge in [0.2, 0.25) is 0 Å². The number of nitrogens with zero attached hydrogens (tertiary/aromatic N) is 1. The predicted molar refractivity (Wildman–Crippen MR) is 73.2 cm³/mol. The van der Waals surface area contributed by atoms with Crippen molar-refractivity contribution in [3.8, 4) is 0 Å². The van der Waals surface area contributed by atoms with Gasteiger partial charge in [-0.15, -0.1) is 0 Å². The third-order valence-corrected chi connectivity index (χ3v) is 2.69. The van der Waals surface area contributed by atoms with Gasteiger partial charge in [-0.25, -0.2) is 0 Å². The third-order valence-electron chi connectivity index (χ3n) is 2.44. The van der Waals surface area contributed by atoms with Crippen molar-refractivity contribution < 1.29 is 4.79 Å². The number of carbonyl (C=O) groups excluding carboxylic acids is 1. The van der Waals surface area contributed by atoms with Gasteiger partial charge in [-0.2, -0.15) is 0 Å². The number of pyridine rings is 1. The van der Waals surface area contributed by atoms with Crippen molar-refractivity contribution in [2.24, 2.45) is 0 Å². The van der Waals surface area contributed by atoms with E-state index in [1.54, 1.807) is 49.8 Å². The monoisotopic (exact) mass is 261 g/mol. The highest BCUT2D eigenvalue weighted by Crippen LogP contribution is 2.17. The third kappa shape index (κ3) is 2.78. The summed E-state index contributed by atoms with van der Waals surface area (Å²) in [7, 11) is 1.75. The van der Waals surface area contributed by atoms with Crippen LogP contribution in [0.3, 0.4) is 0 Å². The van der Waals surface area contributed by atoms with Crippen molar-refractivity contribution in [2.75, 3.05) is 17.7 Å². The fourth-order valence-electron chi connectivity index (χ4n) is 1.52. The zero-order valence-electron chi connectivity index (χ0n) is 9.77. The fraction of sp³-hybridized carbons (Fsp3) is 0.0769. The molecule has 0 saturated heterocycles. The van der Waals surface area contributed by atoms with E-state index in [0.717, 1.165) is 0 Å². The minimum atomic E-state index is -0.191. The van der Waals surface area contributed by atoms with E-state index in [4.69, 9.17) is 11.6 Å². The molecule has 0 atom stereocenters. The molecule has 2 rings (SSSR count). The molecule has 4 nitrogen and oxygen atoms in total. The normalized spacial score (nSPS) is 9.89. The average Bonchev–Trinajstić information content (AvgIpc) is 2.41. The van der Waals surface area contributed by atoms with E-state index in [1.807, 2.05) is 0 Å². The number of hydrogen-bond donors (Lipinski definition) is 2. The van der Waals surface area contributed by atoms with Crippen molar-refractivity contribution in [3.05, 3.63) is 53.3 Å². The van der Waals surface area contributed by atoms with E-state index in [0.29, 0.717) is 22.0 Å². The molecule has 1 amide bonds. The lowest BCUT2D eigenvalue weighted by atomic mass is 10.2. The molecule has 0 bridgehead atoms. The number of anilines is 2. The second-order valence-corrected chi connectivity index (χ2v) is 4.07. The smallest absolute Gasteiger partial charge is 0.257 e. The Kier molecular flexibility index (Phi) is 3.79. The summed E-state index contributed by atoms with van der Waals surface area (Å²) in [5, 5.41) is 6.35. The minimum Gasteiger partial charge on any atom is -0.386 e. The van der Waals surface area contributed by atoms with Crippen molar-refractivity contribution >= 4 is 28.9 Å². The quantitative estimate of drug-likeness (QED) is 0.893. The van der Waals surface area contributed by atoms with Crippen LogP contribution < -0.4 is 10.6 Å². The van der Waals surface area contributed by atoms with Crippen LogP contribution in [0.4, 0.5) is 11.4 Å². The first-order valence-corrected chi connectivity index (χ1v) is 5.77. The molecule has 0 fully saturated rings. The molecule has 0 aliphatic carbocycles. The molecule has 0 unspecified atom stereocenters. The maximum absolute atomic E-state index is 12.1. The Bertz CT molecular complexity index is 554. The second-order valence-electron chi connectivity index (χ2n) is 3.63. The lowest BCUT2D eigenvalue weighted by Crippen LogP contribution is -2.14. The molecular weight excluding hydrogens is 250 g/mol. The largest absolute Gasteiger partial charge is 0.386 e. The second kappa shape index (κ2) is 5.51. The summed E-state index contributed by atoms with van der Waals surface area (Å²) in [6, 6.07) is 8.61. The standard InChI is InChI=1S/C13H12ClN3O/c1-15-12-8-16-7-6-11(12)13(18)17-10-4-2-9(14)3-5-10/h2-8,15H,1H3,(H,17,18). The Labute approximate surface area is 110 Å². The van der Waals surface area contributed by atoms with Crippen LogP contribution in [0.2, 0.25) is 5.02 Å². The molecule has 18 heavy (non-hydrogen) atoms. The summed E-state index contributed by atoms with van der Waals surface area (Å²) in [5.74, 6) is -0.191. The SMILES string of the molecule is CNc1cnccc1C(=O)Nc1ccc(Cl)cc1. The van der Waals surface area contributed by atoms with Crippen molar-refractivity contribution in [2.45, 2.75) is 0 Å².